The first-order valence-electron chi connectivity index (χ1n) is 12.9. The lowest BCUT2D eigenvalue weighted by atomic mass is 9.98. The molecule has 0 saturated carbocycles. The van der Waals surface area contributed by atoms with Crippen LogP contribution in [0.2, 0.25) is 0 Å². The summed E-state index contributed by atoms with van der Waals surface area (Å²) in [6, 6.07) is 31.0. The Hall–Kier alpha value is -4.98. The molecule has 1 atom stereocenters. The number of aromatic amines is 1. The molecule has 39 heavy (non-hydrogen) atoms. The van der Waals surface area contributed by atoms with Gasteiger partial charge in [0.25, 0.3) is 0 Å². The molecule has 1 aromatic heterocycles. The van der Waals surface area contributed by atoms with Gasteiger partial charge >= 0.3 is 6.03 Å². The number of hydrogen-bond acceptors (Lipinski definition) is 5. The highest BCUT2D eigenvalue weighted by atomic mass is 16.5. The van der Waals surface area contributed by atoms with Crippen LogP contribution in [-0.2, 0) is 0 Å². The number of nitrogens with zero attached hydrogens (tertiary/aromatic N) is 3. The topological polar surface area (TPSA) is 105 Å². The van der Waals surface area contributed by atoms with E-state index >= 15 is 0 Å². The molecule has 0 fully saturated rings. The van der Waals surface area contributed by atoms with Crippen LogP contribution in [0.15, 0.2) is 97.1 Å². The van der Waals surface area contributed by atoms with Gasteiger partial charge < -0.3 is 15.4 Å². The van der Waals surface area contributed by atoms with E-state index in [9.17, 15) is 4.79 Å². The van der Waals surface area contributed by atoms with Crippen molar-refractivity contribution in [2.75, 3.05) is 10.6 Å². The molecule has 0 unspecified atom stereocenters. The molecule has 5 aromatic rings. The largest absolute Gasteiger partial charge is 0.484 e. The molecule has 2 amide bonds. The van der Waals surface area contributed by atoms with Crippen molar-refractivity contribution in [1.82, 2.24) is 20.6 Å². The molecule has 5 rings (SSSR count). The maximum Gasteiger partial charge on any atom is 0.323 e. The molecule has 1 heterocycles. The van der Waals surface area contributed by atoms with Gasteiger partial charge in [-0.05, 0) is 59.5 Å². The second-order valence-corrected chi connectivity index (χ2v) is 9.24. The standard InChI is InChI=1S/C31H30N6O2/c1-3-9-28(22-10-5-4-6-11-22)39-29-19-16-23(25-12-7-8-13-26(25)30-34-36-37-35-30)20-27(29)33-31(38)32-24-17-14-21(2)15-18-24/h4-8,10-20,28H,3,9H2,1-2H3,(H2,32,33,38)(H,34,35,36,37)/t28-/m1/s1. The number of ether oxygens (including phenoxy) is 1. The number of H-pyrrole nitrogens is 1. The minimum Gasteiger partial charge on any atom is -0.484 e. The van der Waals surface area contributed by atoms with E-state index in [0.717, 1.165) is 40.7 Å². The maximum absolute atomic E-state index is 13.1. The number of tetrazole rings is 1. The number of urea groups is 1. The molecule has 3 N–H and O–H groups in total. The quantitative estimate of drug-likeness (QED) is 0.188. The van der Waals surface area contributed by atoms with Gasteiger partial charge in [0.05, 0.1) is 5.69 Å². The van der Waals surface area contributed by atoms with E-state index in [2.05, 4.69) is 50.3 Å². The molecule has 196 valence electrons. The van der Waals surface area contributed by atoms with Gasteiger partial charge in [0.1, 0.15) is 11.9 Å². The number of nitrogens with one attached hydrogen (secondary N) is 3. The summed E-state index contributed by atoms with van der Waals surface area (Å²) < 4.78 is 6.55. The molecular weight excluding hydrogens is 488 g/mol. The third-order valence-electron chi connectivity index (χ3n) is 6.35. The van der Waals surface area contributed by atoms with Crippen LogP contribution in [-0.4, -0.2) is 26.7 Å². The second-order valence-electron chi connectivity index (χ2n) is 9.24. The number of hydrogen-bond donors (Lipinski definition) is 3. The average Bonchev–Trinajstić information content (AvgIpc) is 3.50. The van der Waals surface area contributed by atoms with E-state index in [-0.39, 0.29) is 12.1 Å². The molecule has 0 saturated heterocycles. The summed E-state index contributed by atoms with van der Waals surface area (Å²) in [6.45, 7) is 4.14. The molecule has 8 nitrogen and oxygen atoms in total. The SMILES string of the molecule is CCC[C@@H](Oc1ccc(-c2ccccc2-c2nn[nH]n2)cc1NC(=O)Nc1ccc(C)cc1)c1ccccc1. The van der Waals surface area contributed by atoms with Crippen LogP contribution in [0, 0.1) is 6.92 Å². The fourth-order valence-electron chi connectivity index (χ4n) is 4.40. The monoisotopic (exact) mass is 518 g/mol. The molecule has 0 aliphatic rings. The fourth-order valence-corrected chi connectivity index (χ4v) is 4.40. The lowest BCUT2D eigenvalue weighted by molar-refractivity contribution is 0.195. The smallest absolute Gasteiger partial charge is 0.323 e. The zero-order valence-corrected chi connectivity index (χ0v) is 21.9. The number of benzene rings is 4. The van der Waals surface area contributed by atoms with Crippen LogP contribution in [0.25, 0.3) is 22.5 Å². The Bertz CT molecular complexity index is 1520. The Balaban J connectivity index is 1.50. The predicted molar refractivity (Wildman–Crippen MR) is 154 cm³/mol. The Labute approximate surface area is 227 Å². The van der Waals surface area contributed by atoms with Crippen molar-refractivity contribution in [2.45, 2.75) is 32.8 Å². The maximum atomic E-state index is 13.1. The van der Waals surface area contributed by atoms with Crippen LogP contribution in [0.5, 0.6) is 5.75 Å². The number of rotatable bonds is 9. The summed E-state index contributed by atoms with van der Waals surface area (Å²) in [5.74, 6) is 1.07. The lowest BCUT2D eigenvalue weighted by Gasteiger charge is -2.22. The normalized spacial score (nSPS) is 11.5. The highest BCUT2D eigenvalue weighted by molar-refractivity contribution is 6.01. The third-order valence-corrected chi connectivity index (χ3v) is 6.35. The number of aryl methyl sites for hydroxylation is 1. The molecule has 0 aliphatic heterocycles. The van der Waals surface area contributed by atoms with Gasteiger partial charge in [-0.25, -0.2) is 4.79 Å². The average molecular weight is 519 g/mol. The van der Waals surface area contributed by atoms with Crippen molar-refractivity contribution in [3.63, 3.8) is 0 Å². The highest BCUT2D eigenvalue weighted by Crippen LogP contribution is 2.37. The van der Waals surface area contributed by atoms with Crippen LogP contribution in [0.4, 0.5) is 16.2 Å². The summed E-state index contributed by atoms with van der Waals surface area (Å²) in [4.78, 5) is 13.1. The first-order chi connectivity index (χ1) is 19.1. The van der Waals surface area contributed by atoms with E-state index in [4.69, 9.17) is 4.74 Å². The Morgan fingerprint density at radius 2 is 1.64 bits per heavy atom. The minimum atomic E-state index is -0.362. The Morgan fingerprint density at radius 3 is 2.36 bits per heavy atom. The molecule has 0 spiro atoms. The van der Waals surface area contributed by atoms with Gasteiger partial charge in [-0.2, -0.15) is 5.21 Å². The predicted octanol–water partition coefficient (Wildman–Crippen LogP) is 7.41. The first-order valence-corrected chi connectivity index (χ1v) is 12.9. The molecular formula is C31H30N6O2. The van der Waals surface area contributed by atoms with Gasteiger partial charge in [0.15, 0.2) is 0 Å². The van der Waals surface area contributed by atoms with Gasteiger partial charge in [0, 0.05) is 11.3 Å². The highest BCUT2D eigenvalue weighted by Gasteiger charge is 2.18. The second kappa shape index (κ2) is 12.0. The van der Waals surface area contributed by atoms with E-state index in [1.54, 1.807) is 0 Å². The Kier molecular flexibility index (Phi) is 7.92. The molecule has 0 radical (unpaired) electrons. The van der Waals surface area contributed by atoms with Crippen molar-refractivity contribution in [3.8, 4) is 28.3 Å². The Morgan fingerprint density at radius 1 is 0.897 bits per heavy atom. The molecule has 4 aromatic carbocycles. The molecule has 0 bridgehead atoms. The van der Waals surface area contributed by atoms with Gasteiger partial charge in [-0.1, -0.05) is 91.7 Å². The minimum absolute atomic E-state index is 0.158. The number of amides is 2. The number of anilines is 2. The van der Waals surface area contributed by atoms with E-state index < -0.39 is 0 Å². The van der Waals surface area contributed by atoms with E-state index in [0.29, 0.717) is 22.9 Å². The van der Waals surface area contributed by atoms with Crippen molar-refractivity contribution in [1.29, 1.82) is 0 Å². The van der Waals surface area contributed by atoms with E-state index in [1.165, 1.54) is 0 Å². The molecule has 8 heteroatoms. The molecule has 0 aliphatic carbocycles. The summed E-state index contributed by atoms with van der Waals surface area (Å²) in [5.41, 5.74) is 6.06. The van der Waals surface area contributed by atoms with Crippen LogP contribution in [0.3, 0.4) is 0 Å². The van der Waals surface area contributed by atoms with Crippen molar-refractivity contribution >= 4 is 17.4 Å². The van der Waals surface area contributed by atoms with Gasteiger partial charge in [0.2, 0.25) is 5.82 Å². The fraction of sp³-hybridized carbons (Fsp3) is 0.161. The van der Waals surface area contributed by atoms with Crippen molar-refractivity contribution in [2.24, 2.45) is 0 Å². The van der Waals surface area contributed by atoms with E-state index in [1.807, 2.05) is 91.9 Å². The number of carbonyl (C=O) groups is 1. The summed E-state index contributed by atoms with van der Waals surface area (Å²) in [6.07, 6.45) is 1.63. The van der Waals surface area contributed by atoms with Crippen molar-refractivity contribution in [3.05, 3.63) is 108 Å². The summed E-state index contributed by atoms with van der Waals surface area (Å²) in [7, 11) is 0. The van der Waals surface area contributed by atoms with Gasteiger partial charge in [-0.15, -0.1) is 10.2 Å². The number of carbonyl (C=O) groups excluding carboxylic acids is 1. The lowest BCUT2D eigenvalue weighted by Crippen LogP contribution is -2.20. The van der Waals surface area contributed by atoms with Crippen LogP contribution >= 0.6 is 0 Å². The van der Waals surface area contributed by atoms with Crippen LogP contribution < -0.4 is 15.4 Å². The zero-order chi connectivity index (χ0) is 27.0. The summed E-state index contributed by atoms with van der Waals surface area (Å²) >= 11 is 0. The number of aromatic nitrogens is 4. The third kappa shape index (κ3) is 6.30. The first kappa shape index (κ1) is 25.7. The van der Waals surface area contributed by atoms with Gasteiger partial charge in [-0.3, -0.25) is 0 Å². The van der Waals surface area contributed by atoms with Crippen molar-refractivity contribution < 1.29 is 9.53 Å². The zero-order valence-electron chi connectivity index (χ0n) is 21.9. The summed E-state index contributed by atoms with van der Waals surface area (Å²) in [5, 5.41) is 20.5. The van der Waals surface area contributed by atoms with Crippen LogP contribution in [0.1, 0.15) is 37.0 Å².